The zero-order valence-electron chi connectivity index (χ0n) is 14.9. The van der Waals surface area contributed by atoms with Crippen molar-refractivity contribution in [2.24, 2.45) is 5.92 Å². The molecule has 0 N–H and O–H groups in total. The van der Waals surface area contributed by atoms with Gasteiger partial charge >= 0.3 is 0 Å². The van der Waals surface area contributed by atoms with Gasteiger partial charge in [-0.05, 0) is 43.0 Å². The van der Waals surface area contributed by atoms with Crippen molar-refractivity contribution in [3.05, 3.63) is 42.7 Å². The van der Waals surface area contributed by atoms with Crippen LogP contribution >= 0.6 is 11.8 Å². The predicted octanol–water partition coefficient (Wildman–Crippen LogP) is 3.62. The second-order valence-corrected chi connectivity index (χ2v) is 7.51. The van der Waals surface area contributed by atoms with Crippen LogP contribution in [0.2, 0.25) is 0 Å². The van der Waals surface area contributed by atoms with E-state index in [-0.39, 0.29) is 11.7 Å². The number of carbonyl (C=O) groups is 1. The second kappa shape index (κ2) is 8.49. The lowest BCUT2D eigenvalue weighted by atomic mass is 9.99. The number of carbonyl (C=O) groups excluding carboxylic acids is 1. The summed E-state index contributed by atoms with van der Waals surface area (Å²) in [6.45, 7) is 8.20. The first-order chi connectivity index (χ1) is 12.6. The lowest BCUT2D eigenvalue weighted by Crippen LogP contribution is -2.38. The van der Waals surface area contributed by atoms with Gasteiger partial charge in [0.05, 0.1) is 5.75 Å². The van der Waals surface area contributed by atoms with Gasteiger partial charge in [0, 0.05) is 25.2 Å². The molecule has 0 atom stereocenters. The molecule has 1 saturated heterocycles. The van der Waals surface area contributed by atoms with Crippen molar-refractivity contribution in [3.8, 4) is 11.4 Å². The zero-order valence-corrected chi connectivity index (χ0v) is 15.7. The molecule has 0 unspecified atom stereocenters. The van der Waals surface area contributed by atoms with Crippen LogP contribution in [-0.4, -0.2) is 44.4 Å². The first-order valence-electron chi connectivity index (χ1n) is 8.79. The summed E-state index contributed by atoms with van der Waals surface area (Å²) in [5.74, 6) is 1.53. The minimum Gasteiger partial charge on any atom is -0.342 e. The Morgan fingerprint density at radius 2 is 2.00 bits per heavy atom. The van der Waals surface area contributed by atoms with Gasteiger partial charge in [0.2, 0.25) is 5.91 Å². The third-order valence-electron chi connectivity index (χ3n) is 4.59. The van der Waals surface area contributed by atoms with Crippen LogP contribution in [0.1, 0.15) is 19.8 Å². The molecule has 3 rings (SSSR count). The number of rotatable bonds is 6. The van der Waals surface area contributed by atoms with E-state index in [4.69, 9.17) is 0 Å². The van der Waals surface area contributed by atoms with Crippen molar-refractivity contribution in [2.75, 3.05) is 18.8 Å². The number of thioether (sulfide) groups is 1. The summed E-state index contributed by atoms with van der Waals surface area (Å²) in [6.07, 6.45) is 3.89. The Bertz CT molecular complexity index is 766. The maximum absolute atomic E-state index is 13.2. The van der Waals surface area contributed by atoms with E-state index in [0.29, 0.717) is 29.2 Å². The van der Waals surface area contributed by atoms with Crippen molar-refractivity contribution in [3.63, 3.8) is 0 Å². The van der Waals surface area contributed by atoms with Crippen LogP contribution in [0.15, 0.2) is 42.1 Å². The molecule has 26 heavy (non-hydrogen) atoms. The van der Waals surface area contributed by atoms with Gasteiger partial charge in [-0.25, -0.2) is 4.39 Å². The molecule has 1 amide bonds. The summed E-state index contributed by atoms with van der Waals surface area (Å²) in [6, 6.07) is 6.15. The van der Waals surface area contributed by atoms with Crippen molar-refractivity contribution in [2.45, 2.75) is 31.5 Å². The average Bonchev–Trinajstić information content (AvgIpc) is 3.04. The highest BCUT2D eigenvalue weighted by atomic mass is 32.2. The Labute approximate surface area is 157 Å². The van der Waals surface area contributed by atoms with Crippen LogP contribution in [0.4, 0.5) is 4.39 Å². The number of hydrogen-bond donors (Lipinski definition) is 0. The Morgan fingerprint density at radius 3 is 2.65 bits per heavy atom. The highest BCUT2D eigenvalue weighted by molar-refractivity contribution is 7.99. The summed E-state index contributed by atoms with van der Waals surface area (Å²) in [5, 5.41) is 9.13. The van der Waals surface area contributed by atoms with Crippen molar-refractivity contribution in [1.82, 2.24) is 19.7 Å². The molecule has 1 fully saturated rings. The van der Waals surface area contributed by atoms with Gasteiger partial charge in [-0.15, -0.1) is 16.8 Å². The molecular formula is C19H23FN4OS. The molecule has 7 heteroatoms. The second-order valence-electron chi connectivity index (χ2n) is 6.56. The lowest BCUT2D eigenvalue weighted by Gasteiger charge is -2.30. The molecule has 1 aliphatic heterocycles. The molecule has 0 spiro atoms. The fourth-order valence-electron chi connectivity index (χ4n) is 2.98. The van der Waals surface area contributed by atoms with E-state index in [1.54, 1.807) is 18.2 Å². The van der Waals surface area contributed by atoms with Crippen LogP contribution in [0.3, 0.4) is 0 Å². The number of hydrogen-bond acceptors (Lipinski definition) is 4. The molecule has 0 aliphatic carbocycles. The quantitative estimate of drug-likeness (QED) is 0.572. The average molecular weight is 374 g/mol. The van der Waals surface area contributed by atoms with Gasteiger partial charge in [-0.3, -0.25) is 9.36 Å². The molecule has 1 aliphatic rings. The summed E-state index contributed by atoms with van der Waals surface area (Å²) in [4.78, 5) is 14.4. The smallest absolute Gasteiger partial charge is 0.233 e. The third-order valence-corrected chi connectivity index (χ3v) is 5.54. The number of halogens is 1. The third kappa shape index (κ3) is 4.33. The van der Waals surface area contributed by atoms with Gasteiger partial charge < -0.3 is 4.90 Å². The number of piperidine rings is 1. The van der Waals surface area contributed by atoms with Gasteiger partial charge in [-0.1, -0.05) is 24.8 Å². The molecule has 2 heterocycles. The Morgan fingerprint density at radius 1 is 1.31 bits per heavy atom. The minimum absolute atomic E-state index is 0.137. The van der Waals surface area contributed by atoms with Gasteiger partial charge in [0.25, 0.3) is 0 Å². The van der Waals surface area contributed by atoms with E-state index >= 15 is 0 Å². The molecule has 0 saturated carbocycles. The monoisotopic (exact) mass is 374 g/mol. The molecule has 5 nitrogen and oxygen atoms in total. The summed E-state index contributed by atoms with van der Waals surface area (Å²) in [5.41, 5.74) is 0.781. The molecule has 1 aromatic carbocycles. The number of likely N-dealkylation sites (tertiary alicyclic amines) is 1. The molecule has 2 aromatic rings. The number of amides is 1. The van der Waals surface area contributed by atoms with Crippen molar-refractivity contribution in [1.29, 1.82) is 0 Å². The van der Waals surface area contributed by atoms with Crippen molar-refractivity contribution < 1.29 is 9.18 Å². The number of allylic oxidation sites excluding steroid dienone is 1. The fourth-order valence-corrected chi connectivity index (χ4v) is 3.83. The molecule has 0 radical (unpaired) electrons. The maximum Gasteiger partial charge on any atom is 0.233 e. The number of benzene rings is 1. The van der Waals surface area contributed by atoms with E-state index in [0.717, 1.165) is 31.5 Å². The highest BCUT2D eigenvalue weighted by Crippen LogP contribution is 2.25. The molecule has 0 bridgehead atoms. The summed E-state index contributed by atoms with van der Waals surface area (Å²) in [7, 11) is 0. The highest BCUT2D eigenvalue weighted by Gasteiger charge is 2.21. The topological polar surface area (TPSA) is 51.0 Å². The first kappa shape index (κ1) is 18.6. The maximum atomic E-state index is 13.2. The molecular weight excluding hydrogens is 351 g/mol. The zero-order chi connectivity index (χ0) is 18.5. The van der Waals surface area contributed by atoms with E-state index in [1.165, 1.54) is 23.9 Å². The van der Waals surface area contributed by atoms with E-state index in [9.17, 15) is 9.18 Å². The number of aromatic nitrogens is 3. The van der Waals surface area contributed by atoms with Crippen molar-refractivity contribution >= 4 is 17.7 Å². The Kier molecular flexibility index (Phi) is 6.08. The van der Waals surface area contributed by atoms with Crippen LogP contribution in [0.25, 0.3) is 11.4 Å². The predicted molar refractivity (Wildman–Crippen MR) is 101 cm³/mol. The van der Waals surface area contributed by atoms with Crippen LogP contribution < -0.4 is 0 Å². The molecule has 138 valence electrons. The van der Waals surface area contributed by atoms with Crippen LogP contribution in [0, 0.1) is 11.7 Å². The van der Waals surface area contributed by atoms with E-state index in [1.807, 2.05) is 9.47 Å². The summed E-state index contributed by atoms with van der Waals surface area (Å²) >= 11 is 1.38. The first-order valence-corrected chi connectivity index (χ1v) is 9.77. The fraction of sp³-hybridized carbons (Fsp3) is 0.421. The van der Waals surface area contributed by atoms with Gasteiger partial charge in [0.15, 0.2) is 11.0 Å². The Balaban J connectivity index is 1.70. The lowest BCUT2D eigenvalue weighted by molar-refractivity contribution is -0.129. The summed E-state index contributed by atoms with van der Waals surface area (Å²) < 4.78 is 15.1. The Hall–Kier alpha value is -2.15. The van der Waals surface area contributed by atoms with E-state index in [2.05, 4.69) is 23.7 Å². The van der Waals surface area contributed by atoms with Gasteiger partial charge in [-0.2, -0.15) is 0 Å². The molecule has 1 aromatic heterocycles. The SMILES string of the molecule is C=CCn1c(SCC(=O)N2CCC(C)CC2)nnc1-c1ccc(F)cc1. The van der Waals surface area contributed by atoms with Crippen LogP contribution in [-0.2, 0) is 11.3 Å². The minimum atomic E-state index is -0.292. The number of nitrogens with zero attached hydrogens (tertiary/aromatic N) is 4. The standard InChI is InChI=1S/C19H23FN4OS/c1-3-10-24-18(15-4-6-16(20)7-5-15)21-22-19(24)26-13-17(25)23-11-8-14(2)9-12-23/h3-7,14H,1,8-13H2,2H3. The largest absolute Gasteiger partial charge is 0.342 e. The normalized spacial score (nSPS) is 15.2. The van der Waals surface area contributed by atoms with Crippen LogP contribution in [0.5, 0.6) is 0 Å². The van der Waals surface area contributed by atoms with E-state index < -0.39 is 0 Å². The van der Waals surface area contributed by atoms with Gasteiger partial charge in [0.1, 0.15) is 5.82 Å².